The molecule has 0 N–H and O–H groups in total. The first kappa shape index (κ1) is 20.9. The summed E-state index contributed by atoms with van der Waals surface area (Å²) in [6.45, 7) is 4.62. The van der Waals surface area contributed by atoms with Gasteiger partial charge in [-0.1, -0.05) is 60.7 Å². The van der Waals surface area contributed by atoms with E-state index in [1.807, 2.05) is 105 Å². The molecule has 1 aliphatic rings. The number of hydrogen-bond donors (Lipinski definition) is 0. The molecule has 4 nitrogen and oxygen atoms in total. The number of carbonyl (C=O) groups is 1. The molecular weight excluding hydrogens is 404 g/mol. The van der Waals surface area contributed by atoms with Crippen LogP contribution in [-0.4, -0.2) is 22.6 Å². The van der Waals surface area contributed by atoms with Crippen molar-refractivity contribution in [1.82, 2.24) is 4.90 Å². The molecule has 1 heterocycles. The standard InChI is InChI=1S/C26H24N2O2S/c1-3-30-23-16-14-20(15-17-23)18-24-25(29)28(19(2)21-10-6-4-7-11-21)26(31-24)27-22-12-8-5-9-13-22/h4-19H,3H2,1-2H3/b24-18+,27-26?/t19-/m0/s1. The zero-order chi connectivity index (χ0) is 21.6. The van der Waals surface area contributed by atoms with Gasteiger partial charge in [-0.15, -0.1) is 0 Å². The zero-order valence-electron chi connectivity index (χ0n) is 17.6. The van der Waals surface area contributed by atoms with E-state index in [9.17, 15) is 4.79 Å². The molecule has 3 aromatic rings. The van der Waals surface area contributed by atoms with E-state index < -0.39 is 0 Å². The van der Waals surface area contributed by atoms with Gasteiger partial charge in [0.05, 0.1) is 23.2 Å². The lowest BCUT2D eigenvalue weighted by molar-refractivity contribution is -0.123. The molecule has 5 heteroatoms. The van der Waals surface area contributed by atoms with E-state index in [-0.39, 0.29) is 11.9 Å². The Labute approximate surface area is 187 Å². The van der Waals surface area contributed by atoms with Gasteiger partial charge in [0.15, 0.2) is 5.17 Å². The summed E-state index contributed by atoms with van der Waals surface area (Å²) in [6.07, 6.45) is 1.92. The van der Waals surface area contributed by atoms with Crippen molar-refractivity contribution in [1.29, 1.82) is 0 Å². The highest BCUT2D eigenvalue weighted by Gasteiger charge is 2.37. The third-order valence-electron chi connectivity index (χ3n) is 4.98. The third kappa shape index (κ3) is 4.89. The topological polar surface area (TPSA) is 41.9 Å². The first-order valence-electron chi connectivity index (χ1n) is 10.3. The molecule has 1 atom stereocenters. The van der Waals surface area contributed by atoms with Gasteiger partial charge in [0.1, 0.15) is 5.75 Å². The largest absolute Gasteiger partial charge is 0.494 e. The summed E-state index contributed by atoms with van der Waals surface area (Å²) < 4.78 is 5.51. The molecule has 0 radical (unpaired) electrons. The molecule has 0 saturated carbocycles. The number of aliphatic imine (C=N–C) groups is 1. The van der Waals surface area contributed by atoms with Crippen molar-refractivity contribution in [2.45, 2.75) is 19.9 Å². The molecule has 4 rings (SSSR count). The molecular formula is C26H24N2O2S. The van der Waals surface area contributed by atoms with Crippen molar-refractivity contribution >= 4 is 34.6 Å². The molecule has 31 heavy (non-hydrogen) atoms. The fraction of sp³-hybridized carbons (Fsp3) is 0.154. The highest BCUT2D eigenvalue weighted by atomic mass is 32.2. The summed E-state index contributed by atoms with van der Waals surface area (Å²) in [7, 11) is 0. The van der Waals surface area contributed by atoms with E-state index >= 15 is 0 Å². The van der Waals surface area contributed by atoms with Gasteiger partial charge in [-0.05, 0) is 67.1 Å². The molecule has 156 valence electrons. The Hall–Kier alpha value is -3.31. The normalized spacial score (nSPS) is 17.4. The lowest BCUT2D eigenvalue weighted by atomic mass is 10.1. The number of amides is 1. The van der Waals surface area contributed by atoms with Crippen LogP contribution in [0.3, 0.4) is 0 Å². The molecule has 0 aliphatic carbocycles. The summed E-state index contributed by atoms with van der Waals surface area (Å²) >= 11 is 1.41. The highest BCUT2D eigenvalue weighted by Crippen LogP contribution is 2.39. The summed E-state index contributed by atoms with van der Waals surface area (Å²) in [5, 5.41) is 0.685. The van der Waals surface area contributed by atoms with Crippen molar-refractivity contribution in [3.8, 4) is 5.75 Å². The molecule has 0 aromatic heterocycles. The highest BCUT2D eigenvalue weighted by molar-refractivity contribution is 8.18. The van der Waals surface area contributed by atoms with E-state index in [1.54, 1.807) is 4.90 Å². The predicted molar refractivity (Wildman–Crippen MR) is 128 cm³/mol. The van der Waals surface area contributed by atoms with Crippen LogP contribution in [-0.2, 0) is 4.79 Å². The van der Waals surface area contributed by atoms with Gasteiger partial charge in [0.2, 0.25) is 0 Å². The number of para-hydroxylation sites is 1. The van der Waals surface area contributed by atoms with Crippen LogP contribution < -0.4 is 4.74 Å². The van der Waals surface area contributed by atoms with Crippen molar-refractivity contribution < 1.29 is 9.53 Å². The Morgan fingerprint density at radius 2 is 1.61 bits per heavy atom. The number of rotatable bonds is 6. The van der Waals surface area contributed by atoms with Gasteiger partial charge in [-0.25, -0.2) is 4.99 Å². The van der Waals surface area contributed by atoms with Gasteiger partial charge >= 0.3 is 0 Å². The summed E-state index contributed by atoms with van der Waals surface area (Å²) in [5.41, 5.74) is 2.84. The molecule has 0 unspecified atom stereocenters. The molecule has 3 aromatic carbocycles. The third-order valence-corrected chi connectivity index (χ3v) is 5.96. The van der Waals surface area contributed by atoms with Crippen LogP contribution in [0.2, 0.25) is 0 Å². The first-order chi connectivity index (χ1) is 15.2. The van der Waals surface area contributed by atoms with Gasteiger partial charge < -0.3 is 4.74 Å². The SMILES string of the molecule is CCOc1ccc(/C=C2/SC(=Nc3ccccc3)N([C@@H](C)c3ccccc3)C2=O)cc1. The van der Waals surface area contributed by atoms with Gasteiger partial charge in [-0.3, -0.25) is 9.69 Å². The average Bonchev–Trinajstić information content (AvgIpc) is 3.10. The van der Waals surface area contributed by atoms with E-state index in [0.717, 1.165) is 22.6 Å². The van der Waals surface area contributed by atoms with E-state index in [4.69, 9.17) is 9.73 Å². The molecule has 1 aliphatic heterocycles. The Balaban J connectivity index is 1.69. The number of thioether (sulfide) groups is 1. The Kier molecular flexibility index (Phi) is 6.53. The number of amidine groups is 1. The quantitative estimate of drug-likeness (QED) is 0.424. The van der Waals surface area contributed by atoms with Crippen LogP contribution in [0.1, 0.15) is 31.0 Å². The van der Waals surface area contributed by atoms with Crippen LogP contribution in [0.25, 0.3) is 6.08 Å². The summed E-state index contributed by atoms with van der Waals surface area (Å²) in [5.74, 6) is 0.783. The maximum absolute atomic E-state index is 13.4. The number of ether oxygens (including phenoxy) is 1. The molecule has 0 bridgehead atoms. The summed E-state index contributed by atoms with van der Waals surface area (Å²) in [6, 6.07) is 27.4. The number of carbonyl (C=O) groups excluding carboxylic acids is 1. The minimum atomic E-state index is -0.130. The van der Waals surface area contributed by atoms with Crippen LogP contribution in [0.5, 0.6) is 5.75 Å². The second-order valence-corrected chi connectivity index (χ2v) is 8.11. The maximum Gasteiger partial charge on any atom is 0.267 e. The lowest BCUT2D eigenvalue weighted by Crippen LogP contribution is -2.32. The van der Waals surface area contributed by atoms with Crippen molar-refractivity contribution in [2.75, 3.05) is 6.61 Å². The smallest absolute Gasteiger partial charge is 0.267 e. The average molecular weight is 429 g/mol. The van der Waals surface area contributed by atoms with Crippen LogP contribution >= 0.6 is 11.8 Å². The van der Waals surface area contributed by atoms with Crippen molar-refractivity contribution in [3.05, 3.63) is 101 Å². The fourth-order valence-corrected chi connectivity index (χ4v) is 4.45. The van der Waals surface area contributed by atoms with Gasteiger partial charge in [0, 0.05) is 0 Å². The zero-order valence-corrected chi connectivity index (χ0v) is 18.4. The number of hydrogen-bond acceptors (Lipinski definition) is 4. The fourth-order valence-electron chi connectivity index (χ4n) is 3.38. The number of nitrogens with zero attached hydrogens (tertiary/aromatic N) is 2. The Morgan fingerprint density at radius 1 is 0.968 bits per heavy atom. The maximum atomic E-state index is 13.4. The number of benzene rings is 3. The molecule has 1 saturated heterocycles. The Morgan fingerprint density at radius 3 is 2.26 bits per heavy atom. The second-order valence-electron chi connectivity index (χ2n) is 7.10. The van der Waals surface area contributed by atoms with Crippen LogP contribution in [0, 0.1) is 0 Å². The van der Waals surface area contributed by atoms with E-state index in [2.05, 4.69) is 0 Å². The van der Waals surface area contributed by atoms with Crippen LogP contribution in [0.15, 0.2) is 94.8 Å². The lowest BCUT2D eigenvalue weighted by Gasteiger charge is -2.24. The molecule has 0 spiro atoms. The first-order valence-corrected chi connectivity index (χ1v) is 11.1. The van der Waals surface area contributed by atoms with Gasteiger partial charge in [-0.2, -0.15) is 0 Å². The Bertz CT molecular complexity index is 1090. The van der Waals surface area contributed by atoms with E-state index in [1.165, 1.54) is 11.8 Å². The molecule has 1 fully saturated rings. The predicted octanol–water partition coefficient (Wildman–Crippen LogP) is 6.45. The molecule has 1 amide bonds. The minimum Gasteiger partial charge on any atom is -0.494 e. The van der Waals surface area contributed by atoms with Crippen molar-refractivity contribution in [2.24, 2.45) is 4.99 Å². The van der Waals surface area contributed by atoms with Gasteiger partial charge in [0.25, 0.3) is 5.91 Å². The monoisotopic (exact) mass is 428 g/mol. The van der Waals surface area contributed by atoms with Crippen LogP contribution in [0.4, 0.5) is 5.69 Å². The minimum absolute atomic E-state index is 0.0371. The summed E-state index contributed by atoms with van der Waals surface area (Å²) in [4.78, 5) is 20.7. The van der Waals surface area contributed by atoms with Crippen molar-refractivity contribution in [3.63, 3.8) is 0 Å². The second kappa shape index (κ2) is 9.67. The van der Waals surface area contributed by atoms with E-state index in [0.29, 0.717) is 16.7 Å².